The Morgan fingerprint density at radius 3 is 2.50 bits per heavy atom. The van der Waals surface area contributed by atoms with Gasteiger partial charge in [0.2, 0.25) is 0 Å². The van der Waals surface area contributed by atoms with Crippen molar-refractivity contribution in [2.75, 3.05) is 6.61 Å². The topological polar surface area (TPSA) is 94.8 Å². The van der Waals surface area contributed by atoms with Crippen molar-refractivity contribution in [2.24, 2.45) is 11.3 Å². The van der Waals surface area contributed by atoms with Crippen molar-refractivity contribution in [2.45, 2.75) is 13.3 Å². The number of carboxylic acid groups (broad SMARTS) is 2. The van der Waals surface area contributed by atoms with Crippen LogP contribution in [0.3, 0.4) is 0 Å². The molecule has 0 aromatic carbocycles. The maximum atomic E-state index is 11.2. The number of allylic oxidation sites excluding steroid dienone is 2. The molecule has 1 aliphatic rings. The molecule has 0 saturated carbocycles. The molecule has 5 nitrogen and oxygen atoms in total. The van der Waals surface area contributed by atoms with Gasteiger partial charge in [0.1, 0.15) is 0 Å². The van der Waals surface area contributed by atoms with Crippen LogP contribution < -0.4 is 0 Å². The van der Waals surface area contributed by atoms with Crippen LogP contribution in [0.15, 0.2) is 23.8 Å². The zero-order chi connectivity index (χ0) is 12.3. The third-order valence-corrected chi connectivity index (χ3v) is 2.94. The summed E-state index contributed by atoms with van der Waals surface area (Å²) < 4.78 is 0. The molecule has 0 aliphatic heterocycles. The lowest BCUT2D eigenvalue weighted by molar-refractivity contribution is -0.148. The smallest absolute Gasteiger partial charge is 0.331 e. The molecule has 0 bridgehead atoms. The molecule has 0 amide bonds. The van der Waals surface area contributed by atoms with Gasteiger partial charge in [-0.05, 0) is 13.3 Å². The molecule has 0 aromatic heterocycles. The first-order chi connectivity index (χ1) is 7.43. The maximum Gasteiger partial charge on any atom is 0.331 e. The Bertz CT molecular complexity index is 369. The Hall–Kier alpha value is -1.62. The van der Waals surface area contributed by atoms with Crippen LogP contribution in [-0.4, -0.2) is 33.9 Å². The normalized spacial score (nSPS) is 28.6. The van der Waals surface area contributed by atoms with Crippen LogP contribution in [0.1, 0.15) is 13.3 Å². The molecular weight excluding hydrogens is 212 g/mol. The van der Waals surface area contributed by atoms with Crippen LogP contribution in [-0.2, 0) is 9.59 Å². The molecule has 1 rings (SSSR count). The lowest BCUT2D eigenvalue weighted by Crippen LogP contribution is -2.38. The summed E-state index contributed by atoms with van der Waals surface area (Å²) in [6, 6.07) is 0. The van der Waals surface area contributed by atoms with Gasteiger partial charge < -0.3 is 15.3 Å². The van der Waals surface area contributed by atoms with Gasteiger partial charge >= 0.3 is 11.9 Å². The van der Waals surface area contributed by atoms with Crippen molar-refractivity contribution in [1.29, 1.82) is 0 Å². The Kier molecular flexibility index (Phi) is 3.49. The molecule has 0 radical (unpaired) electrons. The number of carboxylic acids is 2. The highest BCUT2D eigenvalue weighted by molar-refractivity contribution is 5.91. The number of rotatable bonds is 4. The summed E-state index contributed by atoms with van der Waals surface area (Å²) in [6.45, 7) is 1.22. The zero-order valence-electron chi connectivity index (χ0n) is 8.88. The van der Waals surface area contributed by atoms with Gasteiger partial charge in [0.15, 0.2) is 0 Å². The first-order valence-electron chi connectivity index (χ1n) is 4.90. The van der Waals surface area contributed by atoms with E-state index in [1.54, 1.807) is 0 Å². The third kappa shape index (κ3) is 1.99. The standard InChI is InChI=1S/C11H14O5/c1-11(10(15)16)5-2-3-7(9(13)14)8(11)4-6-12/h2-3,5,8,12H,4,6H2,1H3,(H,13,14)(H,15,16). The highest BCUT2D eigenvalue weighted by Crippen LogP contribution is 2.40. The highest BCUT2D eigenvalue weighted by Gasteiger charge is 2.43. The first-order valence-corrected chi connectivity index (χ1v) is 4.90. The minimum absolute atomic E-state index is 0.0291. The predicted octanol–water partition coefficient (Wildman–Crippen LogP) is 0.657. The first kappa shape index (κ1) is 12.4. The Labute approximate surface area is 92.7 Å². The molecule has 88 valence electrons. The van der Waals surface area contributed by atoms with Crippen LogP contribution in [0.4, 0.5) is 0 Å². The van der Waals surface area contributed by atoms with Crippen LogP contribution in [0.2, 0.25) is 0 Å². The Morgan fingerprint density at radius 2 is 2.06 bits per heavy atom. The second kappa shape index (κ2) is 4.49. The molecule has 0 heterocycles. The third-order valence-electron chi connectivity index (χ3n) is 2.94. The molecule has 2 atom stereocenters. The van der Waals surface area contributed by atoms with E-state index < -0.39 is 23.3 Å². The van der Waals surface area contributed by atoms with Crippen LogP contribution >= 0.6 is 0 Å². The molecule has 0 spiro atoms. The highest BCUT2D eigenvalue weighted by atomic mass is 16.4. The maximum absolute atomic E-state index is 11.2. The van der Waals surface area contributed by atoms with Crippen molar-refractivity contribution in [3.8, 4) is 0 Å². The van der Waals surface area contributed by atoms with E-state index in [9.17, 15) is 9.59 Å². The zero-order valence-corrected chi connectivity index (χ0v) is 8.88. The molecular formula is C11H14O5. The van der Waals surface area contributed by atoms with E-state index in [2.05, 4.69) is 0 Å². The van der Waals surface area contributed by atoms with Gasteiger partial charge in [0, 0.05) is 18.1 Å². The van der Waals surface area contributed by atoms with E-state index >= 15 is 0 Å². The van der Waals surface area contributed by atoms with E-state index in [1.807, 2.05) is 0 Å². The van der Waals surface area contributed by atoms with Crippen molar-refractivity contribution >= 4 is 11.9 Å². The van der Waals surface area contributed by atoms with E-state index in [4.69, 9.17) is 15.3 Å². The largest absolute Gasteiger partial charge is 0.481 e. The molecule has 0 fully saturated rings. The summed E-state index contributed by atoms with van der Waals surface area (Å²) in [4.78, 5) is 22.1. The second-order valence-corrected chi connectivity index (χ2v) is 3.94. The summed E-state index contributed by atoms with van der Waals surface area (Å²) in [5, 5.41) is 27.0. The van der Waals surface area contributed by atoms with E-state index in [1.165, 1.54) is 25.2 Å². The number of aliphatic hydroxyl groups excluding tert-OH is 1. The van der Waals surface area contributed by atoms with E-state index in [-0.39, 0.29) is 18.6 Å². The fourth-order valence-electron chi connectivity index (χ4n) is 1.93. The van der Waals surface area contributed by atoms with Gasteiger partial charge in [0.25, 0.3) is 0 Å². The lowest BCUT2D eigenvalue weighted by Gasteiger charge is -2.33. The molecule has 2 unspecified atom stereocenters. The van der Waals surface area contributed by atoms with Crippen molar-refractivity contribution < 1.29 is 24.9 Å². The van der Waals surface area contributed by atoms with Gasteiger partial charge in [-0.1, -0.05) is 18.2 Å². The SMILES string of the molecule is CC1(C(=O)O)C=CC=C(C(=O)O)C1CCO. The Morgan fingerprint density at radius 1 is 1.44 bits per heavy atom. The number of hydrogen-bond acceptors (Lipinski definition) is 3. The van der Waals surface area contributed by atoms with E-state index in [0.29, 0.717) is 0 Å². The predicted molar refractivity (Wildman–Crippen MR) is 55.8 cm³/mol. The molecule has 5 heteroatoms. The number of aliphatic hydroxyl groups is 1. The number of aliphatic carboxylic acids is 2. The lowest BCUT2D eigenvalue weighted by atomic mass is 9.69. The van der Waals surface area contributed by atoms with Gasteiger partial charge in [-0.2, -0.15) is 0 Å². The summed E-state index contributed by atoms with van der Waals surface area (Å²) in [7, 11) is 0. The second-order valence-electron chi connectivity index (χ2n) is 3.94. The average Bonchev–Trinajstić information content (AvgIpc) is 2.20. The van der Waals surface area contributed by atoms with Crippen molar-refractivity contribution in [3.63, 3.8) is 0 Å². The van der Waals surface area contributed by atoms with Gasteiger partial charge in [0.05, 0.1) is 5.41 Å². The summed E-state index contributed by atoms with van der Waals surface area (Å²) in [5.41, 5.74) is -1.24. The van der Waals surface area contributed by atoms with Gasteiger partial charge in [-0.3, -0.25) is 4.79 Å². The fourth-order valence-corrected chi connectivity index (χ4v) is 1.93. The number of hydrogen-bond donors (Lipinski definition) is 3. The molecule has 0 saturated heterocycles. The van der Waals surface area contributed by atoms with Crippen LogP contribution in [0.25, 0.3) is 0 Å². The average molecular weight is 226 g/mol. The van der Waals surface area contributed by atoms with Gasteiger partial charge in [-0.25, -0.2) is 4.79 Å². The van der Waals surface area contributed by atoms with Crippen LogP contribution in [0, 0.1) is 11.3 Å². The molecule has 16 heavy (non-hydrogen) atoms. The minimum Gasteiger partial charge on any atom is -0.481 e. The Balaban J connectivity index is 3.15. The summed E-state index contributed by atoms with van der Waals surface area (Å²) >= 11 is 0. The van der Waals surface area contributed by atoms with Crippen LogP contribution in [0.5, 0.6) is 0 Å². The quantitative estimate of drug-likeness (QED) is 0.654. The molecule has 1 aliphatic carbocycles. The fraction of sp³-hybridized carbons (Fsp3) is 0.455. The molecule has 3 N–H and O–H groups in total. The van der Waals surface area contributed by atoms with Crippen molar-refractivity contribution in [1.82, 2.24) is 0 Å². The minimum atomic E-state index is -1.27. The summed E-state index contributed by atoms with van der Waals surface area (Å²) in [5.74, 6) is -2.94. The summed E-state index contributed by atoms with van der Waals surface area (Å²) in [6.07, 6.45) is 4.40. The molecule has 0 aromatic rings. The van der Waals surface area contributed by atoms with Crippen molar-refractivity contribution in [3.05, 3.63) is 23.8 Å². The van der Waals surface area contributed by atoms with Gasteiger partial charge in [-0.15, -0.1) is 0 Å². The number of carbonyl (C=O) groups is 2. The monoisotopic (exact) mass is 226 g/mol. The van der Waals surface area contributed by atoms with E-state index in [0.717, 1.165) is 0 Å².